The summed E-state index contributed by atoms with van der Waals surface area (Å²) in [5, 5.41) is 13.0. The van der Waals surface area contributed by atoms with Gasteiger partial charge in [0.05, 0.1) is 31.2 Å². The largest absolute Gasteiger partial charge is 0.481 e. The van der Waals surface area contributed by atoms with E-state index in [-0.39, 0.29) is 34.6 Å². The summed E-state index contributed by atoms with van der Waals surface area (Å²) < 4.78 is 54.0. The van der Waals surface area contributed by atoms with Crippen LogP contribution < -0.4 is 15.4 Å². The molecule has 1 aliphatic rings. The molecule has 2 aromatic heterocycles. The molecule has 38 heavy (non-hydrogen) atoms. The van der Waals surface area contributed by atoms with Crippen molar-refractivity contribution in [1.82, 2.24) is 25.8 Å². The molecule has 4 aromatic rings. The van der Waals surface area contributed by atoms with Gasteiger partial charge < -0.3 is 15.4 Å². The van der Waals surface area contributed by atoms with Crippen LogP contribution in [0.2, 0.25) is 0 Å². The summed E-state index contributed by atoms with van der Waals surface area (Å²) in [7, 11) is 1.37. The topological polar surface area (TPSA) is 109 Å². The van der Waals surface area contributed by atoms with Gasteiger partial charge in [-0.15, -0.1) is 0 Å². The summed E-state index contributed by atoms with van der Waals surface area (Å²) in [6.07, 6.45) is -3.10. The highest BCUT2D eigenvalue weighted by atomic mass is 19.4. The predicted molar refractivity (Wildman–Crippen MR) is 134 cm³/mol. The summed E-state index contributed by atoms with van der Waals surface area (Å²) in [4.78, 5) is 29.7. The number of nitrogens with zero attached hydrogens (tertiary/aromatic N) is 2. The number of rotatable bonds is 7. The van der Waals surface area contributed by atoms with Crippen molar-refractivity contribution >= 4 is 22.7 Å². The zero-order valence-corrected chi connectivity index (χ0v) is 20.4. The molecule has 1 saturated carbocycles. The quantitative estimate of drug-likeness (QED) is 0.314. The Hall–Kier alpha value is -4.41. The number of hydrogen-bond acceptors (Lipinski definition) is 5. The van der Waals surface area contributed by atoms with Crippen molar-refractivity contribution in [3.8, 4) is 17.0 Å². The fourth-order valence-electron chi connectivity index (χ4n) is 4.21. The number of fused-ring (bicyclic) bond motifs is 1. The normalized spacial score (nSPS) is 14.6. The first-order chi connectivity index (χ1) is 18.6. The molecule has 0 radical (unpaired) electrons. The first-order valence-corrected chi connectivity index (χ1v) is 11.9. The van der Waals surface area contributed by atoms with Gasteiger partial charge in [0.25, 0.3) is 11.8 Å². The summed E-state index contributed by atoms with van der Waals surface area (Å²) in [6.45, 7) is 1.44. The van der Waals surface area contributed by atoms with Gasteiger partial charge in [-0.05, 0) is 55.2 Å². The Morgan fingerprint density at radius 3 is 2.63 bits per heavy atom. The average Bonchev–Trinajstić information content (AvgIpc) is 3.62. The van der Waals surface area contributed by atoms with Crippen molar-refractivity contribution in [3.63, 3.8) is 0 Å². The van der Waals surface area contributed by atoms with Crippen LogP contribution in [0.1, 0.15) is 59.2 Å². The molecule has 196 valence electrons. The van der Waals surface area contributed by atoms with E-state index in [1.54, 1.807) is 18.2 Å². The van der Waals surface area contributed by atoms with Gasteiger partial charge in [-0.25, -0.2) is 4.98 Å². The lowest BCUT2D eigenvalue weighted by Gasteiger charge is -2.19. The van der Waals surface area contributed by atoms with E-state index < -0.39 is 29.9 Å². The minimum Gasteiger partial charge on any atom is -0.481 e. The van der Waals surface area contributed by atoms with Crippen molar-refractivity contribution in [3.05, 3.63) is 77.1 Å². The molecule has 0 saturated heterocycles. The first-order valence-electron chi connectivity index (χ1n) is 12.4. The van der Waals surface area contributed by atoms with Gasteiger partial charge >= 0.3 is 6.18 Å². The molecule has 2 aromatic carbocycles. The Labute approximate surface area is 217 Å². The predicted octanol–water partition coefficient (Wildman–Crippen LogP) is 5.04. The van der Waals surface area contributed by atoms with Crippen LogP contribution in [0.3, 0.4) is 0 Å². The molecule has 0 aliphatic heterocycles. The third-order valence-electron chi connectivity index (χ3n) is 6.32. The van der Waals surface area contributed by atoms with Gasteiger partial charge in [-0.2, -0.15) is 18.3 Å². The molecule has 8 nitrogen and oxygen atoms in total. The number of aromatic nitrogens is 3. The maximum absolute atomic E-state index is 13.5. The molecule has 1 aliphatic carbocycles. The molecule has 3 N–H and O–H groups in total. The fourth-order valence-corrected chi connectivity index (χ4v) is 4.21. The van der Waals surface area contributed by atoms with Crippen LogP contribution in [0.5, 0.6) is 5.88 Å². The smallest absolute Gasteiger partial charge is 0.416 e. The zero-order chi connectivity index (χ0) is 27.9. The fraction of sp³-hybridized carbons (Fsp3) is 0.259. The van der Waals surface area contributed by atoms with E-state index in [2.05, 4.69) is 25.8 Å². The molecule has 11 heteroatoms. The molecule has 0 unspecified atom stereocenters. The number of carbonyl (C=O) groups is 2. The molecule has 5 rings (SSSR count). The summed E-state index contributed by atoms with van der Waals surface area (Å²) >= 11 is 0. The van der Waals surface area contributed by atoms with E-state index >= 15 is 0 Å². The molecule has 2 amide bonds. The minimum atomic E-state index is -4.59. The van der Waals surface area contributed by atoms with Gasteiger partial charge in [-0.3, -0.25) is 14.7 Å². The summed E-state index contributed by atoms with van der Waals surface area (Å²) in [6, 6.07) is 10.7. The molecule has 2 heterocycles. The number of pyridine rings is 1. The lowest BCUT2D eigenvalue weighted by molar-refractivity contribution is -0.138. The monoisotopic (exact) mass is 524 g/mol. The highest BCUT2D eigenvalue weighted by molar-refractivity contribution is 6.05. The van der Waals surface area contributed by atoms with Crippen molar-refractivity contribution in [2.24, 2.45) is 0 Å². The third kappa shape index (κ3) is 5.04. The van der Waals surface area contributed by atoms with Crippen molar-refractivity contribution in [1.29, 1.82) is 0 Å². The van der Waals surface area contributed by atoms with Gasteiger partial charge in [0, 0.05) is 23.2 Å². The third-order valence-corrected chi connectivity index (χ3v) is 6.32. The molecular weight excluding hydrogens is 499 g/mol. The number of ether oxygens (including phenoxy) is 1. The number of H-pyrrole nitrogens is 1. The van der Waals surface area contributed by atoms with Gasteiger partial charge in [-0.1, -0.05) is 24.3 Å². The summed E-state index contributed by atoms with van der Waals surface area (Å²) in [5.74, 6) is -0.949. The van der Waals surface area contributed by atoms with Crippen LogP contribution >= 0.6 is 0 Å². The van der Waals surface area contributed by atoms with Gasteiger partial charge in [0.15, 0.2) is 5.69 Å². The van der Waals surface area contributed by atoms with Crippen LogP contribution in [0, 0.1) is 0 Å². The Morgan fingerprint density at radius 1 is 1.16 bits per heavy atom. The van der Waals surface area contributed by atoms with E-state index in [1.807, 2.05) is 0 Å². The highest BCUT2D eigenvalue weighted by Crippen LogP contribution is 2.35. The Balaban J connectivity index is 1.46. The zero-order valence-electron chi connectivity index (χ0n) is 21.4. The molecular formula is C27H24F3N5O3. The number of halogens is 3. The lowest BCUT2D eigenvalue weighted by Crippen LogP contribution is -2.28. The van der Waals surface area contributed by atoms with Crippen LogP contribution in [-0.4, -0.2) is 40.1 Å². The van der Waals surface area contributed by atoms with E-state index in [9.17, 15) is 22.8 Å². The second-order valence-electron chi connectivity index (χ2n) is 9.07. The van der Waals surface area contributed by atoms with Crippen molar-refractivity contribution < 1.29 is 28.9 Å². The number of hydrogen-bond donors (Lipinski definition) is 3. The van der Waals surface area contributed by atoms with Crippen molar-refractivity contribution in [2.75, 3.05) is 7.11 Å². The first kappa shape index (κ1) is 24.0. The van der Waals surface area contributed by atoms with Gasteiger partial charge in [0.2, 0.25) is 5.88 Å². The number of carbonyl (C=O) groups excluding carboxylic acids is 2. The number of benzene rings is 2. The maximum Gasteiger partial charge on any atom is 0.416 e. The van der Waals surface area contributed by atoms with Crippen LogP contribution in [-0.2, 0) is 6.18 Å². The Bertz CT molecular complexity index is 1580. The second-order valence-corrected chi connectivity index (χ2v) is 9.07. The number of aromatic amines is 1. The van der Waals surface area contributed by atoms with Crippen molar-refractivity contribution in [2.45, 2.75) is 38.0 Å². The SMILES string of the molecule is [2H]c1nc(OC)c(-c2ccc3c(C(=O)NC4CC4)n[nH]c3c2)cc1C(=O)N[C@H](C)c1ccccc1C(F)(F)F. The number of methoxy groups -OCH3 is 1. The van der Waals surface area contributed by atoms with E-state index in [0.717, 1.165) is 18.9 Å². The number of amides is 2. The number of alkyl halides is 3. The van der Waals surface area contributed by atoms with Crippen LogP contribution in [0.25, 0.3) is 22.0 Å². The van der Waals surface area contributed by atoms with Crippen LogP contribution in [0.4, 0.5) is 13.2 Å². The standard InChI is InChI=1S/C27H24F3N5O3/c1-14(18-5-3-4-6-21(18)27(28,29)30)32-24(36)16-11-20(26(38-2)31-13-16)15-7-10-19-22(12-15)34-35-23(19)25(37)33-17-8-9-17/h3-7,10-14,17H,8-9H2,1-2H3,(H,32,36)(H,33,37)(H,34,35)/t14-/m1/s1/i13D. The van der Waals surface area contributed by atoms with E-state index in [1.165, 1.54) is 38.3 Å². The minimum absolute atomic E-state index is 0.0811. The second kappa shape index (κ2) is 9.81. The Kier molecular flexibility index (Phi) is 6.18. The molecule has 1 atom stereocenters. The molecule has 0 spiro atoms. The Morgan fingerprint density at radius 2 is 1.92 bits per heavy atom. The van der Waals surface area contributed by atoms with Gasteiger partial charge in [0.1, 0.15) is 0 Å². The van der Waals surface area contributed by atoms with Crippen LogP contribution in [0.15, 0.2) is 54.7 Å². The molecule has 1 fully saturated rings. The lowest BCUT2D eigenvalue weighted by atomic mass is 10.00. The average molecular weight is 525 g/mol. The maximum atomic E-state index is 13.5. The summed E-state index contributed by atoms with van der Waals surface area (Å²) in [5.41, 5.74) is 0.679. The highest BCUT2D eigenvalue weighted by Gasteiger charge is 2.34. The van der Waals surface area contributed by atoms with E-state index in [0.29, 0.717) is 22.0 Å². The molecule has 0 bridgehead atoms. The number of nitrogens with one attached hydrogen (secondary N) is 3. The van der Waals surface area contributed by atoms with E-state index in [4.69, 9.17) is 6.11 Å².